The lowest BCUT2D eigenvalue weighted by Crippen LogP contribution is -2.07. The lowest BCUT2D eigenvalue weighted by Gasteiger charge is -2.17. The van der Waals surface area contributed by atoms with Crippen LogP contribution in [0.1, 0.15) is 17.5 Å². The van der Waals surface area contributed by atoms with E-state index in [1.165, 1.54) is 82.0 Å². The summed E-state index contributed by atoms with van der Waals surface area (Å²) in [7, 11) is 0. The summed E-state index contributed by atoms with van der Waals surface area (Å²) in [5, 5.41) is 10.3. The maximum Gasteiger partial charge on any atom is 0.0786 e. The fraction of sp³-hybridized carbons (Fsp3) is 0.0811. The van der Waals surface area contributed by atoms with Gasteiger partial charge >= 0.3 is 0 Å². The molecule has 1 aliphatic rings. The summed E-state index contributed by atoms with van der Waals surface area (Å²) in [5.41, 5.74) is 15.6. The Kier molecular flexibility index (Phi) is 4.44. The molecule has 2 N–H and O–H groups in total. The van der Waals surface area contributed by atoms with Crippen molar-refractivity contribution in [1.29, 1.82) is 0 Å². The molecule has 0 unspecified atom stereocenters. The van der Waals surface area contributed by atoms with Gasteiger partial charge in [-0.05, 0) is 46.9 Å². The number of aromatic nitrogens is 2. The number of hydrogen-bond donors (Lipinski definition) is 1. The molecule has 0 saturated carbocycles. The Labute approximate surface area is 231 Å². The van der Waals surface area contributed by atoms with E-state index in [9.17, 15) is 0 Å². The molecule has 1 aliphatic carbocycles. The minimum absolute atomic E-state index is 0.408. The van der Waals surface area contributed by atoms with Crippen LogP contribution in [0, 0.1) is 0 Å². The Morgan fingerprint density at radius 2 is 1.25 bits per heavy atom. The summed E-state index contributed by atoms with van der Waals surface area (Å²) < 4.78 is 4.86. The van der Waals surface area contributed by atoms with Crippen LogP contribution in [0.2, 0.25) is 0 Å². The quantitative estimate of drug-likeness (QED) is 0.246. The molecule has 0 radical (unpaired) electrons. The van der Waals surface area contributed by atoms with Crippen molar-refractivity contribution in [3.05, 3.63) is 120 Å². The standard InChI is InChI=1S/C37H27N3/c38-22-39-34-25-13-5-4-10-23(25)18-19-30(34)31-20-21-32-33-28-16-8-6-14-26(28)27-15-7-9-17-29(27)35(33)40(37(32)36(31)39)24-11-2-1-3-12-24/h1-7,9-15,17-21H,8,16,22,38H2. The second-order valence-corrected chi connectivity index (χ2v) is 10.9. The third-order valence-electron chi connectivity index (χ3n) is 8.98. The van der Waals surface area contributed by atoms with Crippen molar-refractivity contribution in [1.82, 2.24) is 9.13 Å². The number of aryl methyl sites for hydroxylation is 1. The number of benzene rings is 6. The number of nitrogens with zero attached hydrogens (tertiary/aromatic N) is 2. The van der Waals surface area contributed by atoms with E-state index in [1.807, 2.05) is 0 Å². The summed E-state index contributed by atoms with van der Waals surface area (Å²) in [6, 6.07) is 37.6. The molecule has 0 atom stereocenters. The molecule has 40 heavy (non-hydrogen) atoms. The molecule has 0 saturated heterocycles. The zero-order chi connectivity index (χ0) is 26.4. The highest BCUT2D eigenvalue weighted by molar-refractivity contribution is 6.29. The summed E-state index contributed by atoms with van der Waals surface area (Å²) >= 11 is 0. The van der Waals surface area contributed by atoms with Crippen LogP contribution in [-0.4, -0.2) is 9.13 Å². The van der Waals surface area contributed by atoms with E-state index in [0.717, 1.165) is 12.8 Å². The van der Waals surface area contributed by atoms with E-state index in [-0.39, 0.29) is 0 Å². The molecule has 0 amide bonds. The third-order valence-corrected chi connectivity index (χ3v) is 8.98. The van der Waals surface area contributed by atoms with Crippen LogP contribution in [0.4, 0.5) is 0 Å². The lowest BCUT2D eigenvalue weighted by molar-refractivity contribution is 0.793. The van der Waals surface area contributed by atoms with E-state index < -0.39 is 0 Å². The van der Waals surface area contributed by atoms with E-state index in [4.69, 9.17) is 5.73 Å². The monoisotopic (exact) mass is 513 g/mol. The van der Waals surface area contributed by atoms with Gasteiger partial charge in [0, 0.05) is 38.0 Å². The van der Waals surface area contributed by atoms with Gasteiger partial charge in [0.1, 0.15) is 0 Å². The maximum absolute atomic E-state index is 6.64. The number of allylic oxidation sites excluding steroid dienone is 1. The van der Waals surface area contributed by atoms with Crippen LogP contribution in [0.15, 0.2) is 109 Å². The molecule has 2 heterocycles. The second kappa shape index (κ2) is 8.08. The predicted octanol–water partition coefficient (Wildman–Crippen LogP) is 9.07. The molecule has 6 aromatic carbocycles. The summed E-state index contributed by atoms with van der Waals surface area (Å²) in [6.45, 7) is 0.408. The number of rotatable bonds is 2. The van der Waals surface area contributed by atoms with Crippen molar-refractivity contribution in [3.8, 4) is 5.69 Å². The summed E-state index contributed by atoms with van der Waals surface area (Å²) in [6.07, 6.45) is 6.78. The number of nitrogens with two attached hydrogens (primary N) is 1. The molecule has 0 fully saturated rings. The van der Waals surface area contributed by atoms with Gasteiger partial charge in [0.15, 0.2) is 0 Å². The molecule has 8 aromatic rings. The van der Waals surface area contributed by atoms with Crippen molar-refractivity contribution in [2.45, 2.75) is 19.5 Å². The first-order valence-corrected chi connectivity index (χ1v) is 14.1. The predicted molar refractivity (Wildman–Crippen MR) is 170 cm³/mol. The highest BCUT2D eigenvalue weighted by atomic mass is 15.1. The van der Waals surface area contributed by atoms with Crippen molar-refractivity contribution in [3.63, 3.8) is 0 Å². The van der Waals surface area contributed by atoms with Crippen molar-refractivity contribution >= 4 is 71.2 Å². The topological polar surface area (TPSA) is 35.9 Å². The molecule has 0 aliphatic heterocycles. The SMILES string of the molecule is NCn1c2c3ccccc3ccc2c2ccc3c4c5c(c6ccccc6c4n(-c4ccccc4)c3c21)C=CCC5. The van der Waals surface area contributed by atoms with Gasteiger partial charge in [-0.3, -0.25) is 0 Å². The Hall–Kier alpha value is -4.86. The zero-order valence-corrected chi connectivity index (χ0v) is 22.1. The first-order chi connectivity index (χ1) is 19.8. The van der Waals surface area contributed by atoms with Crippen LogP contribution in [-0.2, 0) is 13.1 Å². The minimum atomic E-state index is 0.408. The van der Waals surface area contributed by atoms with E-state index in [0.29, 0.717) is 6.67 Å². The Morgan fingerprint density at radius 3 is 2.10 bits per heavy atom. The molecule has 3 nitrogen and oxygen atoms in total. The van der Waals surface area contributed by atoms with Crippen LogP contribution in [0.3, 0.4) is 0 Å². The third kappa shape index (κ3) is 2.72. The first kappa shape index (κ1) is 22.0. The number of hydrogen-bond acceptors (Lipinski definition) is 1. The van der Waals surface area contributed by atoms with Gasteiger partial charge in [0.2, 0.25) is 0 Å². The van der Waals surface area contributed by atoms with E-state index in [2.05, 4.69) is 124 Å². The molecular weight excluding hydrogens is 486 g/mol. The average molecular weight is 514 g/mol. The van der Waals surface area contributed by atoms with Gasteiger partial charge in [-0.2, -0.15) is 0 Å². The van der Waals surface area contributed by atoms with Crippen molar-refractivity contribution < 1.29 is 0 Å². The van der Waals surface area contributed by atoms with Crippen LogP contribution in [0.25, 0.3) is 76.9 Å². The molecule has 3 heteroatoms. The first-order valence-electron chi connectivity index (χ1n) is 14.1. The van der Waals surface area contributed by atoms with Crippen LogP contribution in [0.5, 0.6) is 0 Å². The lowest BCUT2D eigenvalue weighted by atomic mass is 9.88. The normalized spacial score (nSPS) is 13.4. The molecular formula is C37H27N3. The molecule has 9 rings (SSSR count). The molecule has 0 bridgehead atoms. The maximum atomic E-state index is 6.64. The second-order valence-electron chi connectivity index (χ2n) is 10.9. The van der Waals surface area contributed by atoms with Crippen LogP contribution >= 0.6 is 0 Å². The van der Waals surface area contributed by atoms with Crippen molar-refractivity contribution in [2.24, 2.45) is 5.73 Å². The smallest absolute Gasteiger partial charge is 0.0786 e. The van der Waals surface area contributed by atoms with Gasteiger partial charge in [-0.15, -0.1) is 0 Å². The van der Waals surface area contributed by atoms with E-state index in [1.54, 1.807) is 0 Å². The summed E-state index contributed by atoms with van der Waals surface area (Å²) in [4.78, 5) is 0. The van der Waals surface area contributed by atoms with Gasteiger partial charge in [-0.25, -0.2) is 0 Å². The van der Waals surface area contributed by atoms with Gasteiger partial charge in [0.05, 0.1) is 28.7 Å². The fourth-order valence-electron chi connectivity index (χ4n) is 7.40. The Morgan fingerprint density at radius 1 is 0.575 bits per heavy atom. The largest absolute Gasteiger partial charge is 0.325 e. The highest BCUT2D eigenvalue weighted by Gasteiger charge is 2.25. The number of para-hydroxylation sites is 1. The van der Waals surface area contributed by atoms with E-state index >= 15 is 0 Å². The minimum Gasteiger partial charge on any atom is -0.325 e. The molecule has 2 aromatic heterocycles. The summed E-state index contributed by atoms with van der Waals surface area (Å²) in [5.74, 6) is 0. The molecule has 0 spiro atoms. The van der Waals surface area contributed by atoms with Crippen LogP contribution < -0.4 is 5.73 Å². The van der Waals surface area contributed by atoms with Crippen molar-refractivity contribution in [2.75, 3.05) is 0 Å². The zero-order valence-electron chi connectivity index (χ0n) is 22.1. The Balaban J connectivity index is 1.63. The Bertz CT molecular complexity index is 2350. The van der Waals surface area contributed by atoms with Gasteiger partial charge in [-0.1, -0.05) is 103 Å². The van der Waals surface area contributed by atoms with Gasteiger partial charge < -0.3 is 14.9 Å². The van der Waals surface area contributed by atoms with Gasteiger partial charge in [0.25, 0.3) is 0 Å². The molecule has 190 valence electrons. The highest BCUT2D eigenvalue weighted by Crippen LogP contribution is 2.46. The number of fused-ring (bicyclic) bond motifs is 14. The fourth-order valence-corrected chi connectivity index (χ4v) is 7.40. The average Bonchev–Trinajstić information content (AvgIpc) is 3.55.